The molecule has 8 nitrogen and oxygen atoms in total. The van der Waals surface area contributed by atoms with Gasteiger partial charge in [-0.1, -0.05) is 0 Å². The number of aromatic nitrogens is 5. The van der Waals surface area contributed by atoms with Gasteiger partial charge in [-0.3, -0.25) is 0 Å². The van der Waals surface area contributed by atoms with E-state index in [-0.39, 0.29) is 6.04 Å². The number of nitriles is 1. The van der Waals surface area contributed by atoms with Crippen molar-refractivity contribution in [2.75, 3.05) is 23.3 Å². The number of aryl methyl sites for hydroxylation is 2. The summed E-state index contributed by atoms with van der Waals surface area (Å²) < 4.78 is 1.04. The summed E-state index contributed by atoms with van der Waals surface area (Å²) in [5, 5.41) is 22.2. The molecule has 9 heteroatoms. The summed E-state index contributed by atoms with van der Waals surface area (Å²) >= 11 is 1.58. The monoisotopic (exact) mass is 388 g/mol. The van der Waals surface area contributed by atoms with Gasteiger partial charge < -0.3 is 10.2 Å². The molecule has 0 spiro atoms. The first-order chi connectivity index (χ1) is 13.7. The molecule has 1 N–H and O–H groups in total. The van der Waals surface area contributed by atoms with E-state index in [1.54, 1.807) is 36.0 Å². The van der Waals surface area contributed by atoms with Crippen molar-refractivity contribution in [1.82, 2.24) is 25.1 Å². The van der Waals surface area contributed by atoms with Gasteiger partial charge in [0.1, 0.15) is 28.9 Å². The second-order valence-electron chi connectivity index (χ2n) is 6.83. The van der Waals surface area contributed by atoms with Gasteiger partial charge in [-0.15, -0.1) is 16.4 Å². The summed E-state index contributed by atoms with van der Waals surface area (Å²) in [6, 6.07) is 5.92. The Bertz CT molecular complexity index is 1250. The fourth-order valence-corrected chi connectivity index (χ4v) is 4.59. The van der Waals surface area contributed by atoms with E-state index in [4.69, 9.17) is 0 Å². The SMILES string of the molecule is Cc1nnc2sc3c(N4CC(Nc5ncccc5C#N)C4)ncnc3c2c1C. The fourth-order valence-electron chi connectivity index (χ4n) is 3.44. The zero-order chi connectivity index (χ0) is 19.3. The van der Waals surface area contributed by atoms with E-state index in [9.17, 15) is 5.26 Å². The van der Waals surface area contributed by atoms with Crippen molar-refractivity contribution < 1.29 is 0 Å². The number of fused-ring (bicyclic) bond motifs is 3. The molecular formula is C19H16N8S. The number of rotatable bonds is 3. The highest BCUT2D eigenvalue weighted by Crippen LogP contribution is 2.39. The van der Waals surface area contributed by atoms with Gasteiger partial charge in [0.15, 0.2) is 0 Å². The molecule has 0 radical (unpaired) electrons. The lowest BCUT2D eigenvalue weighted by molar-refractivity contribution is 0.545. The Morgan fingerprint density at radius 1 is 1.21 bits per heavy atom. The van der Waals surface area contributed by atoms with Crippen LogP contribution < -0.4 is 10.2 Å². The summed E-state index contributed by atoms with van der Waals surface area (Å²) in [7, 11) is 0. The van der Waals surface area contributed by atoms with E-state index in [0.717, 1.165) is 50.6 Å². The third-order valence-electron chi connectivity index (χ3n) is 5.09. The Kier molecular flexibility index (Phi) is 3.80. The molecule has 138 valence electrons. The first kappa shape index (κ1) is 16.8. The fraction of sp³-hybridized carbons (Fsp3) is 0.263. The molecule has 4 aromatic rings. The normalized spacial score (nSPS) is 14.2. The molecule has 4 aromatic heterocycles. The van der Waals surface area contributed by atoms with Crippen molar-refractivity contribution in [2.45, 2.75) is 19.9 Å². The van der Waals surface area contributed by atoms with Crippen LogP contribution in [0.2, 0.25) is 0 Å². The number of thiophene rings is 1. The largest absolute Gasteiger partial charge is 0.363 e. The summed E-state index contributed by atoms with van der Waals surface area (Å²) in [4.78, 5) is 16.4. The lowest BCUT2D eigenvalue weighted by Crippen LogP contribution is -2.55. The molecule has 0 unspecified atom stereocenters. The quantitative estimate of drug-likeness (QED) is 0.571. The van der Waals surface area contributed by atoms with Crippen molar-refractivity contribution in [3.05, 3.63) is 41.5 Å². The topological polar surface area (TPSA) is 104 Å². The van der Waals surface area contributed by atoms with E-state index < -0.39 is 0 Å². The van der Waals surface area contributed by atoms with Gasteiger partial charge in [-0.25, -0.2) is 15.0 Å². The van der Waals surface area contributed by atoms with Crippen LogP contribution in [0.5, 0.6) is 0 Å². The van der Waals surface area contributed by atoms with Gasteiger partial charge in [-0.05, 0) is 31.5 Å². The predicted molar refractivity (Wildman–Crippen MR) is 109 cm³/mol. The first-order valence-corrected chi connectivity index (χ1v) is 9.71. The van der Waals surface area contributed by atoms with Crippen LogP contribution >= 0.6 is 11.3 Å². The van der Waals surface area contributed by atoms with Gasteiger partial charge in [0.25, 0.3) is 0 Å². The molecule has 1 fully saturated rings. The Hall–Kier alpha value is -3.38. The van der Waals surface area contributed by atoms with Crippen molar-refractivity contribution in [2.24, 2.45) is 0 Å². The van der Waals surface area contributed by atoms with Crippen LogP contribution in [-0.4, -0.2) is 44.3 Å². The average Bonchev–Trinajstić information content (AvgIpc) is 3.07. The van der Waals surface area contributed by atoms with Gasteiger partial charge >= 0.3 is 0 Å². The molecule has 28 heavy (non-hydrogen) atoms. The summed E-state index contributed by atoms with van der Waals surface area (Å²) in [6.45, 7) is 5.59. The maximum Gasteiger partial charge on any atom is 0.150 e. The molecule has 1 aliphatic rings. The molecule has 0 aliphatic carbocycles. The third kappa shape index (κ3) is 2.53. The molecule has 0 amide bonds. The molecule has 1 aliphatic heterocycles. The molecule has 5 rings (SSSR count). The minimum atomic E-state index is 0.213. The lowest BCUT2D eigenvalue weighted by atomic mass is 10.1. The van der Waals surface area contributed by atoms with E-state index in [2.05, 4.69) is 48.4 Å². The highest BCUT2D eigenvalue weighted by atomic mass is 32.1. The van der Waals surface area contributed by atoms with Crippen LogP contribution in [0.1, 0.15) is 16.8 Å². The molecule has 1 saturated heterocycles. The van der Waals surface area contributed by atoms with Crippen molar-refractivity contribution >= 4 is 43.4 Å². The van der Waals surface area contributed by atoms with Crippen molar-refractivity contribution in [1.29, 1.82) is 5.26 Å². The predicted octanol–water partition coefficient (Wildman–Crippen LogP) is 2.82. The Labute approximate surface area is 164 Å². The number of hydrogen-bond acceptors (Lipinski definition) is 9. The summed E-state index contributed by atoms with van der Waals surface area (Å²) in [5.41, 5.74) is 3.53. The zero-order valence-corrected chi connectivity index (χ0v) is 16.2. The first-order valence-electron chi connectivity index (χ1n) is 8.89. The van der Waals surface area contributed by atoms with Crippen LogP contribution in [0.4, 0.5) is 11.6 Å². The molecule has 0 aromatic carbocycles. The highest BCUT2D eigenvalue weighted by molar-refractivity contribution is 7.26. The number of nitrogens with zero attached hydrogens (tertiary/aromatic N) is 7. The second kappa shape index (κ2) is 6.35. The number of anilines is 2. The Morgan fingerprint density at radius 3 is 2.89 bits per heavy atom. The summed E-state index contributed by atoms with van der Waals surface area (Å²) in [5.74, 6) is 1.55. The minimum absolute atomic E-state index is 0.213. The summed E-state index contributed by atoms with van der Waals surface area (Å²) in [6.07, 6.45) is 3.31. The molecule has 0 saturated carbocycles. The standard InChI is InChI=1S/C19H16N8S/c1-10-11(2)25-26-19-14(10)15-16(28-19)18(23-9-22-15)27-7-13(8-27)24-17-12(6-20)4-3-5-21-17/h3-5,9,13H,7-8H2,1-2H3,(H,21,24). The van der Waals surface area contributed by atoms with Gasteiger partial charge in [-0.2, -0.15) is 10.4 Å². The van der Waals surface area contributed by atoms with E-state index in [1.807, 2.05) is 6.92 Å². The molecule has 5 heterocycles. The van der Waals surface area contributed by atoms with E-state index in [1.165, 1.54) is 0 Å². The van der Waals surface area contributed by atoms with E-state index >= 15 is 0 Å². The average molecular weight is 388 g/mol. The van der Waals surface area contributed by atoms with Crippen molar-refractivity contribution in [3.63, 3.8) is 0 Å². The van der Waals surface area contributed by atoms with E-state index in [0.29, 0.717) is 11.4 Å². The van der Waals surface area contributed by atoms with Crippen LogP contribution in [0.3, 0.4) is 0 Å². The Morgan fingerprint density at radius 2 is 2.07 bits per heavy atom. The number of pyridine rings is 1. The maximum atomic E-state index is 9.21. The van der Waals surface area contributed by atoms with Gasteiger partial charge in [0.05, 0.1) is 27.5 Å². The number of nitrogens with one attached hydrogen (secondary N) is 1. The van der Waals surface area contributed by atoms with Gasteiger partial charge in [0, 0.05) is 24.7 Å². The Balaban J connectivity index is 1.44. The minimum Gasteiger partial charge on any atom is -0.363 e. The van der Waals surface area contributed by atoms with Crippen LogP contribution in [0, 0.1) is 25.2 Å². The van der Waals surface area contributed by atoms with Crippen LogP contribution in [0.25, 0.3) is 20.4 Å². The molecule has 0 bridgehead atoms. The lowest BCUT2D eigenvalue weighted by Gasteiger charge is -2.40. The number of hydrogen-bond donors (Lipinski definition) is 1. The van der Waals surface area contributed by atoms with Crippen LogP contribution in [-0.2, 0) is 0 Å². The van der Waals surface area contributed by atoms with Gasteiger partial charge in [0.2, 0.25) is 0 Å². The van der Waals surface area contributed by atoms with Crippen LogP contribution in [0.15, 0.2) is 24.7 Å². The maximum absolute atomic E-state index is 9.21. The molecule has 0 atom stereocenters. The third-order valence-corrected chi connectivity index (χ3v) is 6.15. The highest BCUT2D eigenvalue weighted by Gasteiger charge is 2.31. The zero-order valence-electron chi connectivity index (χ0n) is 15.3. The second-order valence-corrected chi connectivity index (χ2v) is 7.82. The van der Waals surface area contributed by atoms with Crippen molar-refractivity contribution in [3.8, 4) is 6.07 Å². The smallest absolute Gasteiger partial charge is 0.150 e. The molecular weight excluding hydrogens is 372 g/mol.